The van der Waals surface area contributed by atoms with Gasteiger partial charge in [0.05, 0.1) is 5.39 Å². The minimum atomic E-state index is 0.294. The number of nitrogens with zero attached hydrogens (tertiary/aromatic N) is 4. The Bertz CT molecular complexity index is 696. The van der Waals surface area contributed by atoms with Gasteiger partial charge in [0.1, 0.15) is 17.0 Å². The zero-order chi connectivity index (χ0) is 15.1. The van der Waals surface area contributed by atoms with Crippen molar-refractivity contribution in [1.82, 2.24) is 14.9 Å². The maximum Gasteiger partial charge on any atom is 0.225 e. The molecule has 6 heteroatoms. The molecular weight excluding hydrogens is 296 g/mol. The topological polar surface area (TPSA) is 49.3 Å². The molecule has 0 aromatic carbocycles. The third-order valence-corrected chi connectivity index (χ3v) is 5.58. The Hall–Kier alpha value is -1.69. The maximum absolute atomic E-state index is 12.3. The summed E-state index contributed by atoms with van der Waals surface area (Å²) in [4.78, 5) is 26.5. The number of anilines is 1. The highest BCUT2D eigenvalue weighted by atomic mass is 32.1. The minimum absolute atomic E-state index is 0.294. The van der Waals surface area contributed by atoms with Crippen LogP contribution in [0.25, 0.3) is 10.2 Å². The third kappa shape index (κ3) is 2.45. The molecule has 4 rings (SSSR count). The molecule has 1 atom stereocenters. The molecule has 3 heterocycles. The van der Waals surface area contributed by atoms with Crippen LogP contribution in [0, 0.1) is 5.92 Å². The van der Waals surface area contributed by atoms with Gasteiger partial charge in [0.25, 0.3) is 0 Å². The van der Waals surface area contributed by atoms with E-state index in [1.165, 1.54) is 0 Å². The molecule has 1 aliphatic heterocycles. The first kappa shape index (κ1) is 13.9. The van der Waals surface area contributed by atoms with Crippen molar-refractivity contribution >= 4 is 33.3 Å². The number of hydrogen-bond donors (Lipinski definition) is 0. The lowest BCUT2D eigenvalue weighted by Gasteiger charge is -2.38. The van der Waals surface area contributed by atoms with Crippen molar-refractivity contribution in [2.45, 2.75) is 31.7 Å². The molecule has 0 spiro atoms. The first-order chi connectivity index (χ1) is 10.7. The predicted octanol–water partition coefficient (Wildman–Crippen LogP) is 2.53. The van der Waals surface area contributed by atoms with E-state index in [0.29, 0.717) is 17.9 Å². The molecule has 1 unspecified atom stereocenters. The van der Waals surface area contributed by atoms with Crippen LogP contribution in [0.1, 0.15) is 25.7 Å². The Balaban J connectivity index is 1.55. The molecule has 0 N–H and O–H groups in total. The zero-order valence-corrected chi connectivity index (χ0v) is 13.6. The molecule has 22 heavy (non-hydrogen) atoms. The Labute approximate surface area is 134 Å². The van der Waals surface area contributed by atoms with Gasteiger partial charge in [0, 0.05) is 32.1 Å². The van der Waals surface area contributed by atoms with E-state index in [-0.39, 0.29) is 0 Å². The van der Waals surface area contributed by atoms with Crippen LogP contribution in [0.2, 0.25) is 0 Å². The van der Waals surface area contributed by atoms with E-state index in [1.54, 1.807) is 17.7 Å². The van der Waals surface area contributed by atoms with Gasteiger partial charge in [-0.2, -0.15) is 0 Å². The van der Waals surface area contributed by atoms with Gasteiger partial charge in [-0.05, 0) is 37.1 Å². The number of fused-ring (bicyclic) bond motifs is 1. The first-order valence-electron chi connectivity index (χ1n) is 7.94. The van der Waals surface area contributed by atoms with Crippen molar-refractivity contribution in [3.8, 4) is 0 Å². The van der Waals surface area contributed by atoms with Gasteiger partial charge in [-0.25, -0.2) is 9.97 Å². The van der Waals surface area contributed by atoms with Crippen LogP contribution in [-0.2, 0) is 4.79 Å². The van der Waals surface area contributed by atoms with Crippen molar-refractivity contribution in [1.29, 1.82) is 0 Å². The number of aromatic nitrogens is 2. The van der Waals surface area contributed by atoms with Crippen LogP contribution < -0.4 is 4.90 Å². The highest BCUT2D eigenvalue weighted by Gasteiger charge is 2.36. The third-order valence-electron chi connectivity index (χ3n) is 4.76. The maximum atomic E-state index is 12.3. The standard InChI is InChI=1S/C16H20N4OS/c1-19(16(21)11-4-5-11)12-3-2-7-20(9-12)14-13-6-8-22-15(13)18-10-17-14/h6,8,10-12H,2-5,7,9H2,1H3. The van der Waals surface area contributed by atoms with Crippen LogP contribution in [0.3, 0.4) is 0 Å². The number of rotatable bonds is 3. The highest BCUT2D eigenvalue weighted by Crippen LogP contribution is 2.33. The van der Waals surface area contributed by atoms with Crippen molar-refractivity contribution in [2.24, 2.45) is 5.92 Å². The second-order valence-electron chi connectivity index (χ2n) is 6.30. The summed E-state index contributed by atoms with van der Waals surface area (Å²) < 4.78 is 0. The number of carbonyl (C=O) groups is 1. The Morgan fingerprint density at radius 1 is 1.36 bits per heavy atom. The van der Waals surface area contributed by atoms with E-state index in [2.05, 4.69) is 26.3 Å². The summed E-state index contributed by atoms with van der Waals surface area (Å²) in [6.07, 6.45) is 5.98. The lowest BCUT2D eigenvalue weighted by Crippen LogP contribution is -2.49. The Morgan fingerprint density at radius 2 is 2.23 bits per heavy atom. The molecule has 0 radical (unpaired) electrons. The van der Waals surface area contributed by atoms with Gasteiger partial charge in [0.2, 0.25) is 5.91 Å². The Morgan fingerprint density at radius 3 is 3.05 bits per heavy atom. The predicted molar refractivity (Wildman–Crippen MR) is 88.1 cm³/mol. The van der Waals surface area contributed by atoms with Crippen molar-refractivity contribution in [3.05, 3.63) is 17.8 Å². The summed E-state index contributed by atoms with van der Waals surface area (Å²) in [7, 11) is 1.97. The van der Waals surface area contributed by atoms with Gasteiger partial charge >= 0.3 is 0 Å². The van der Waals surface area contributed by atoms with E-state index in [9.17, 15) is 4.79 Å². The Kier molecular flexibility index (Phi) is 3.48. The summed E-state index contributed by atoms with van der Waals surface area (Å²) >= 11 is 1.65. The first-order valence-corrected chi connectivity index (χ1v) is 8.82. The SMILES string of the molecule is CN(C(=O)C1CC1)C1CCCN(c2ncnc3sccc23)C1. The normalized spacial score (nSPS) is 22.0. The van der Waals surface area contributed by atoms with Crippen LogP contribution in [0.5, 0.6) is 0 Å². The molecule has 1 amide bonds. The molecule has 1 saturated heterocycles. The largest absolute Gasteiger partial charge is 0.354 e. The molecule has 116 valence electrons. The molecule has 5 nitrogen and oxygen atoms in total. The number of piperidine rings is 1. The molecule has 2 aromatic heterocycles. The summed E-state index contributed by atoms with van der Waals surface area (Å²) in [5.41, 5.74) is 0. The van der Waals surface area contributed by atoms with Crippen LogP contribution in [-0.4, -0.2) is 47.0 Å². The quantitative estimate of drug-likeness (QED) is 0.873. The van der Waals surface area contributed by atoms with Gasteiger partial charge in [-0.1, -0.05) is 0 Å². The lowest BCUT2D eigenvalue weighted by molar-refractivity contribution is -0.133. The van der Waals surface area contributed by atoms with Gasteiger partial charge in [-0.15, -0.1) is 11.3 Å². The summed E-state index contributed by atoms with van der Waals surface area (Å²) in [6, 6.07) is 2.39. The molecule has 2 aromatic rings. The van der Waals surface area contributed by atoms with Gasteiger partial charge < -0.3 is 9.80 Å². The van der Waals surface area contributed by atoms with E-state index < -0.39 is 0 Å². The summed E-state index contributed by atoms with van der Waals surface area (Å²) in [6.45, 7) is 1.88. The van der Waals surface area contributed by atoms with Gasteiger partial charge in [0.15, 0.2) is 0 Å². The number of likely N-dealkylation sites (N-methyl/N-ethyl adjacent to an activating group) is 1. The van der Waals surface area contributed by atoms with Crippen LogP contribution in [0.15, 0.2) is 17.8 Å². The van der Waals surface area contributed by atoms with E-state index >= 15 is 0 Å². The minimum Gasteiger partial charge on any atom is -0.354 e. The fourth-order valence-corrected chi connectivity index (χ4v) is 4.02. The zero-order valence-electron chi connectivity index (χ0n) is 12.7. The number of thiophene rings is 1. The summed E-state index contributed by atoms with van der Waals surface area (Å²) in [5.74, 6) is 1.64. The fourth-order valence-electron chi connectivity index (χ4n) is 3.29. The number of carbonyl (C=O) groups excluding carboxylic acids is 1. The molecule has 0 bridgehead atoms. The van der Waals surface area contributed by atoms with E-state index in [0.717, 1.165) is 54.8 Å². The van der Waals surface area contributed by atoms with Crippen LogP contribution in [0.4, 0.5) is 5.82 Å². The van der Waals surface area contributed by atoms with Crippen LogP contribution >= 0.6 is 11.3 Å². The molecule has 2 aliphatic rings. The van der Waals surface area contributed by atoms with E-state index in [4.69, 9.17) is 0 Å². The smallest absolute Gasteiger partial charge is 0.225 e. The summed E-state index contributed by atoms with van der Waals surface area (Å²) in [5, 5.41) is 3.19. The number of amides is 1. The van der Waals surface area contributed by atoms with E-state index in [1.807, 2.05) is 11.9 Å². The molecule has 2 fully saturated rings. The highest BCUT2D eigenvalue weighted by molar-refractivity contribution is 7.16. The molecule has 1 aliphatic carbocycles. The monoisotopic (exact) mass is 316 g/mol. The molecular formula is C16H20N4OS. The van der Waals surface area contributed by atoms with Crippen molar-refractivity contribution in [2.75, 3.05) is 25.0 Å². The lowest BCUT2D eigenvalue weighted by atomic mass is 10.0. The number of hydrogen-bond acceptors (Lipinski definition) is 5. The average molecular weight is 316 g/mol. The molecule has 1 saturated carbocycles. The average Bonchev–Trinajstić information content (AvgIpc) is 3.30. The second-order valence-corrected chi connectivity index (χ2v) is 7.20. The fraction of sp³-hybridized carbons (Fsp3) is 0.562. The second kappa shape index (κ2) is 5.50. The van der Waals surface area contributed by atoms with Crippen molar-refractivity contribution in [3.63, 3.8) is 0 Å². The van der Waals surface area contributed by atoms with Crippen molar-refractivity contribution < 1.29 is 4.79 Å². The van der Waals surface area contributed by atoms with Gasteiger partial charge in [-0.3, -0.25) is 4.79 Å².